The number of nitrogens with two attached hydrogens (primary N) is 1. The SMILES string of the molecule is CC1(C)CCCN1C(=O)c1[c]c(C(N)=O)ncc1. The molecule has 0 aliphatic carbocycles. The highest BCUT2D eigenvalue weighted by atomic mass is 16.2. The molecule has 0 unspecified atom stereocenters. The molecular weight excluding hydrogens is 230 g/mol. The lowest BCUT2D eigenvalue weighted by atomic mass is 10.0. The second-order valence-corrected chi connectivity index (χ2v) is 5.07. The van der Waals surface area contributed by atoms with Crippen molar-refractivity contribution in [3.8, 4) is 0 Å². The number of amides is 2. The smallest absolute Gasteiger partial charge is 0.267 e. The molecular formula is C13H16N3O2. The van der Waals surface area contributed by atoms with E-state index in [1.165, 1.54) is 6.20 Å². The van der Waals surface area contributed by atoms with E-state index in [2.05, 4.69) is 11.1 Å². The third-order valence-corrected chi connectivity index (χ3v) is 3.31. The fraction of sp³-hybridized carbons (Fsp3) is 0.462. The van der Waals surface area contributed by atoms with Gasteiger partial charge >= 0.3 is 0 Å². The van der Waals surface area contributed by atoms with Crippen LogP contribution in [-0.4, -0.2) is 33.8 Å². The van der Waals surface area contributed by atoms with E-state index in [1.807, 2.05) is 18.7 Å². The van der Waals surface area contributed by atoms with Crippen LogP contribution in [0.4, 0.5) is 0 Å². The minimum atomic E-state index is -0.676. The van der Waals surface area contributed by atoms with Crippen LogP contribution in [0.2, 0.25) is 0 Å². The minimum Gasteiger partial charge on any atom is -0.364 e. The van der Waals surface area contributed by atoms with Crippen molar-refractivity contribution in [1.29, 1.82) is 0 Å². The number of hydrogen-bond donors (Lipinski definition) is 1. The van der Waals surface area contributed by atoms with Gasteiger partial charge in [-0.25, -0.2) is 0 Å². The van der Waals surface area contributed by atoms with Crippen LogP contribution >= 0.6 is 0 Å². The molecule has 0 aromatic carbocycles. The third kappa shape index (κ3) is 2.20. The van der Waals surface area contributed by atoms with E-state index in [0.29, 0.717) is 5.56 Å². The van der Waals surface area contributed by atoms with Crippen molar-refractivity contribution in [2.45, 2.75) is 32.2 Å². The fourth-order valence-corrected chi connectivity index (χ4v) is 2.27. The van der Waals surface area contributed by atoms with Crippen LogP contribution in [0, 0.1) is 6.07 Å². The highest BCUT2D eigenvalue weighted by molar-refractivity contribution is 5.97. The summed E-state index contributed by atoms with van der Waals surface area (Å²) in [6.07, 6.45) is 3.38. The van der Waals surface area contributed by atoms with Crippen molar-refractivity contribution >= 4 is 11.8 Å². The second-order valence-electron chi connectivity index (χ2n) is 5.07. The Morgan fingerprint density at radius 2 is 2.22 bits per heavy atom. The van der Waals surface area contributed by atoms with Crippen molar-refractivity contribution in [2.24, 2.45) is 5.73 Å². The average Bonchev–Trinajstić information content (AvgIpc) is 2.68. The van der Waals surface area contributed by atoms with Crippen LogP contribution in [0.15, 0.2) is 12.3 Å². The zero-order valence-corrected chi connectivity index (χ0v) is 10.6. The Morgan fingerprint density at radius 3 is 2.78 bits per heavy atom. The maximum atomic E-state index is 12.4. The molecule has 2 amide bonds. The van der Waals surface area contributed by atoms with E-state index in [9.17, 15) is 9.59 Å². The Kier molecular flexibility index (Phi) is 3.07. The summed E-state index contributed by atoms with van der Waals surface area (Å²) < 4.78 is 0. The number of rotatable bonds is 2. The largest absolute Gasteiger partial charge is 0.364 e. The molecule has 1 radical (unpaired) electrons. The van der Waals surface area contributed by atoms with E-state index in [-0.39, 0.29) is 17.1 Å². The van der Waals surface area contributed by atoms with Gasteiger partial charge in [0.25, 0.3) is 11.8 Å². The zero-order chi connectivity index (χ0) is 13.3. The topological polar surface area (TPSA) is 76.3 Å². The Labute approximate surface area is 106 Å². The maximum Gasteiger partial charge on any atom is 0.267 e. The molecule has 0 saturated carbocycles. The number of carbonyl (C=O) groups is 2. The summed E-state index contributed by atoms with van der Waals surface area (Å²) in [5.41, 5.74) is 5.32. The number of nitrogens with zero attached hydrogens (tertiary/aromatic N) is 2. The van der Waals surface area contributed by atoms with Crippen LogP contribution < -0.4 is 5.73 Å². The average molecular weight is 246 g/mol. The first-order chi connectivity index (χ1) is 8.42. The molecule has 1 aliphatic rings. The van der Waals surface area contributed by atoms with E-state index >= 15 is 0 Å². The molecule has 95 valence electrons. The van der Waals surface area contributed by atoms with E-state index in [4.69, 9.17) is 5.73 Å². The summed E-state index contributed by atoms with van der Waals surface area (Å²) in [4.78, 5) is 29.0. The number of primary amides is 1. The van der Waals surface area contributed by atoms with Crippen molar-refractivity contribution in [2.75, 3.05) is 6.54 Å². The number of hydrogen-bond acceptors (Lipinski definition) is 3. The van der Waals surface area contributed by atoms with Gasteiger partial charge in [-0.05, 0) is 32.8 Å². The first-order valence-corrected chi connectivity index (χ1v) is 5.92. The molecule has 18 heavy (non-hydrogen) atoms. The van der Waals surface area contributed by atoms with Gasteiger partial charge in [0, 0.05) is 24.3 Å². The number of pyridine rings is 1. The summed E-state index contributed by atoms with van der Waals surface area (Å²) >= 11 is 0. The molecule has 1 fully saturated rings. The summed E-state index contributed by atoms with van der Waals surface area (Å²) in [6, 6.07) is 4.24. The Hall–Kier alpha value is -1.91. The van der Waals surface area contributed by atoms with Crippen molar-refractivity contribution in [3.63, 3.8) is 0 Å². The molecule has 5 nitrogen and oxygen atoms in total. The normalized spacial score (nSPS) is 17.8. The van der Waals surface area contributed by atoms with Crippen molar-refractivity contribution in [3.05, 3.63) is 29.6 Å². The van der Waals surface area contributed by atoms with Crippen molar-refractivity contribution in [1.82, 2.24) is 9.88 Å². The molecule has 0 spiro atoms. The molecule has 0 atom stereocenters. The van der Waals surface area contributed by atoms with Gasteiger partial charge in [0.05, 0.1) is 5.56 Å². The summed E-state index contributed by atoms with van der Waals surface area (Å²) in [5, 5.41) is 0. The first-order valence-electron chi connectivity index (χ1n) is 5.92. The van der Waals surface area contributed by atoms with Gasteiger partial charge in [-0.15, -0.1) is 0 Å². The summed E-state index contributed by atoms with van der Waals surface area (Å²) in [7, 11) is 0. The molecule has 1 aliphatic heterocycles. The van der Waals surface area contributed by atoms with Crippen LogP contribution in [0.5, 0.6) is 0 Å². The van der Waals surface area contributed by atoms with E-state index < -0.39 is 5.91 Å². The molecule has 2 heterocycles. The van der Waals surface area contributed by atoms with Crippen LogP contribution in [0.1, 0.15) is 47.5 Å². The predicted molar refractivity (Wildman–Crippen MR) is 65.9 cm³/mol. The minimum absolute atomic E-state index is 0.00199. The Morgan fingerprint density at radius 1 is 1.50 bits per heavy atom. The van der Waals surface area contributed by atoms with Crippen molar-refractivity contribution < 1.29 is 9.59 Å². The number of likely N-dealkylation sites (tertiary alicyclic amines) is 1. The lowest BCUT2D eigenvalue weighted by molar-refractivity contribution is 0.0651. The lowest BCUT2D eigenvalue weighted by Gasteiger charge is -2.31. The third-order valence-electron chi connectivity index (χ3n) is 3.31. The van der Waals surface area contributed by atoms with Gasteiger partial charge in [-0.1, -0.05) is 0 Å². The number of aromatic nitrogens is 1. The molecule has 1 saturated heterocycles. The standard InChI is InChI=1S/C13H16N3O2/c1-13(2)5-3-7-16(13)12(18)9-4-6-15-10(8-9)11(14)17/h4,6H,3,5,7H2,1-2H3,(H2,14,17). The highest BCUT2D eigenvalue weighted by Crippen LogP contribution is 2.29. The molecule has 2 N–H and O–H groups in total. The van der Waals surface area contributed by atoms with Gasteiger partial charge in [0.15, 0.2) is 0 Å². The number of carbonyl (C=O) groups excluding carboxylic acids is 2. The van der Waals surface area contributed by atoms with Gasteiger partial charge in [0.1, 0.15) is 5.69 Å². The zero-order valence-electron chi connectivity index (χ0n) is 10.6. The fourth-order valence-electron chi connectivity index (χ4n) is 2.27. The first kappa shape index (κ1) is 12.5. The molecule has 0 bridgehead atoms. The van der Waals surface area contributed by atoms with Gasteiger partial charge < -0.3 is 10.6 Å². The molecule has 1 aromatic heterocycles. The second kappa shape index (κ2) is 4.40. The predicted octanol–water partition coefficient (Wildman–Crippen LogP) is 0.995. The molecule has 5 heteroatoms. The van der Waals surface area contributed by atoms with E-state index in [1.54, 1.807) is 6.07 Å². The summed E-state index contributed by atoms with van der Waals surface area (Å²) in [6.45, 7) is 4.80. The van der Waals surface area contributed by atoms with E-state index in [0.717, 1.165) is 19.4 Å². The Bertz CT molecular complexity index is 497. The highest BCUT2D eigenvalue weighted by Gasteiger charge is 2.35. The van der Waals surface area contributed by atoms with Gasteiger partial charge in [0.2, 0.25) is 0 Å². The quantitative estimate of drug-likeness (QED) is 0.845. The van der Waals surface area contributed by atoms with Gasteiger partial charge in [-0.2, -0.15) is 0 Å². The Balaban J connectivity index is 2.29. The summed E-state index contributed by atoms with van der Waals surface area (Å²) in [5.74, 6) is -0.798. The molecule has 2 rings (SSSR count). The van der Waals surface area contributed by atoms with Crippen LogP contribution in [-0.2, 0) is 0 Å². The maximum absolute atomic E-state index is 12.4. The van der Waals surface area contributed by atoms with Crippen LogP contribution in [0.3, 0.4) is 0 Å². The molecule has 1 aromatic rings. The van der Waals surface area contributed by atoms with Crippen LogP contribution in [0.25, 0.3) is 0 Å². The van der Waals surface area contributed by atoms with Gasteiger partial charge in [-0.3, -0.25) is 14.6 Å². The lowest BCUT2D eigenvalue weighted by Crippen LogP contribution is -2.42. The monoisotopic (exact) mass is 246 g/mol.